The number of rotatable bonds is 8. The zero-order valence-corrected chi connectivity index (χ0v) is 21.3. The molecule has 1 N–H and O–H groups in total. The zero-order valence-electron chi connectivity index (χ0n) is 19.8. The van der Waals surface area contributed by atoms with Crippen molar-refractivity contribution in [2.75, 3.05) is 27.2 Å². The van der Waals surface area contributed by atoms with E-state index in [0.29, 0.717) is 18.5 Å². The van der Waals surface area contributed by atoms with Crippen LogP contribution in [0, 0.1) is 6.92 Å². The summed E-state index contributed by atoms with van der Waals surface area (Å²) >= 11 is 3.44. The second kappa shape index (κ2) is 10.5. The number of aliphatic hydroxyl groups is 1. The standard InChI is InChI=1S/C26H31BrN2O4/c1-16(2)33-21-12-9-19(15-17(21)3)24(30)22-23(18-7-10-20(27)11-8-18)29(26(32)25(22)31)14-6-13-28(4)5/h7-12,15-16,23,30H,6,13-14H2,1-5H3/t23-/m0/s1. The quantitative estimate of drug-likeness (QED) is 0.307. The molecule has 1 amide bonds. The Balaban J connectivity index is 2.07. The third-order valence-electron chi connectivity index (χ3n) is 5.54. The number of hydrogen-bond donors (Lipinski definition) is 1. The number of likely N-dealkylation sites (tertiary alicyclic amines) is 1. The molecule has 1 aliphatic heterocycles. The fraction of sp³-hybridized carbons (Fsp3) is 0.385. The van der Waals surface area contributed by atoms with E-state index in [-0.39, 0.29) is 17.4 Å². The molecule has 2 aromatic carbocycles. The molecule has 6 nitrogen and oxygen atoms in total. The molecule has 0 aliphatic carbocycles. The van der Waals surface area contributed by atoms with Crippen LogP contribution in [0.1, 0.15) is 43.0 Å². The third kappa shape index (κ3) is 5.65. The normalized spacial score (nSPS) is 17.9. The number of carbonyl (C=O) groups excluding carboxylic acids is 2. The van der Waals surface area contributed by atoms with Crippen LogP contribution in [-0.2, 0) is 9.59 Å². The van der Waals surface area contributed by atoms with Gasteiger partial charge in [-0.15, -0.1) is 0 Å². The predicted molar refractivity (Wildman–Crippen MR) is 133 cm³/mol. The van der Waals surface area contributed by atoms with Crippen LogP contribution in [0.3, 0.4) is 0 Å². The maximum absolute atomic E-state index is 13.1. The largest absolute Gasteiger partial charge is 0.507 e. The van der Waals surface area contributed by atoms with E-state index in [0.717, 1.165) is 27.9 Å². The van der Waals surface area contributed by atoms with Gasteiger partial charge < -0.3 is 19.6 Å². The Bertz CT molecular complexity index is 1060. The molecule has 176 valence electrons. The Morgan fingerprint density at radius 2 is 1.82 bits per heavy atom. The van der Waals surface area contributed by atoms with Crippen LogP contribution in [0.4, 0.5) is 0 Å². The maximum Gasteiger partial charge on any atom is 0.295 e. The molecule has 1 aliphatic rings. The van der Waals surface area contributed by atoms with Gasteiger partial charge in [-0.25, -0.2) is 0 Å². The minimum atomic E-state index is -0.662. The predicted octanol–water partition coefficient (Wildman–Crippen LogP) is 4.92. The number of aliphatic hydroxyl groups excluding tert-OH is 1. The first-order valence-corrected chi connectivity index (χ1v) is 11.9. The monoisotopic (exact) mass is 514 g/mol. The number of Topliss-reactive ketones (excluding diaryl/α,β-unsaturated/α-hetero) is 1. The molecule has 1 saturated heterocycles. The molecular formula is C26H31BrN2O4. The highest BCUT2D eigenvalue weighted by molar-refractivity contribution is 9.10. The van der Waals surface area contributed by atoms with E-state index >= 15 is 0 Å². The van der Waals surface area contributed by atoms with Crippen molar-refractivity contribution < 1.29 is 19.4 Å². The molecule has 1 heterocycles. The Labute approximate surface area is 204 Å². The lowest BCUT2D eigenvalue weighted by Crippen LogP contribution is -2.32. The minimum absolute atomic E-state index is 0.0213. The van der Waals surface area contributed by atoms with Crippen LogP contribution in [0.15, 0.2) is 52.5 Å². The van der Waals surface area contributed by atoms with Gasteiger partial charge in [-0.3, -0.25) is 9.59 Å². The van der Waals surface area contributed by atoms with Gasteiger partial charge in [0.15, 0.2) is 0 Å². The summed E-state index contributed by atoms with van der Waals surface area (Å²) in [7, 11) is 3.94. The van der Waals surface area contributed by atoms with Crippen molar-refractivity contribution in [3.63, 3.8) is 0 Å². The number of amides is 1. The van der Waals surface area contributed by atoms with Gasteiger partial charge in [-0.05, 0) is 89.3 Å². The lowest BCUT2D eigenvalue weighted by atomic mass is 9.94. The smallest absolute Gasteiger partial charge is 0.295 e. The molecule has 33 heavy (non-hydrogen) atoms. The highest BCUT2D eigenvalue weighted by Crippen LogP contribution is 2.40. The van der Waals surface area contributed by atoms with Crippen molar-refractivity contribution in [3.8, 4) is 5.75 Å². The molecule has 1 fully saturated rings. The van der Waals surface area contributed by atoms with Crippen molar-refractivity contribution >= 4 is 33.4 Å². The Morgan fingerprint density at radius 3 is 2.39 bits per heavy atom. The number of benzene rings is 2. The molecule has 0 bridgehead atoms. The van der Waals surface area contributed by atoms with Crippen molar-refractivity contribution in [2.45, 2.75) is 39.3 Å². The van der Waals surface area contributed by atoms with Gasteiger partial charge in [0.05, 0.1) is 17.7 Å². The van der Waals surface area contributed by atoms with E-state index in [2.05, 4.69) is 15.9 Å². The van der Waals surface area contributed by atoms with Gasteiger partial charge in [0, 0.05) is 16.6 Å². The van der Waals surface area contributed by atoms with Gasteiger partial charge >= 0.3 is 0 Å². The fourth-order valence-corrected chi connectivity index (χ4v) is 4.26. The van der Waals surface area contributed by atoms with Crippen molar-refractivity contribution in [3.05, 3.63) is 69.2 Å². The van der Waals surface area contributed by atoms with E-state index in [9.17, 15) is 14.7 Å². The van der Waals surface area contributed by atoms with E-state index < -0.39 is 17.7 Å². The summed E-state index contributed by atoms with van der Waals surface area (Å²) in [6, 6.07) is 12.1. The summed E-state index contributed by atoms with van der Waals surface area (Å²) < 4.78 is 6.69. The molecule has 0 radical (unpaired) electrons. The first-order chi connectivity index (χ1) is 15.6. The van der Waals surface area contributed by atoms with Crippen LogP contribution in [0.2, 0.25) is 0 Å². The van der Waals surface area contributed by atoms with Gasteiger partial charge in [-0.1, -0.05) is 28.1 Å². The van der Waals surface area contributed by atoms with E-state index in [4.69, 9.17) is 4.74 Å². The number of carbonyl (C=O) groups is 2. The molecule has 7 heteroatoms. The van der Waals surface area contributed by atoms with Gasteiger partial charge in [-0.2, -0.15) is 0 Å². The first-order valence-electron chi connectivity index (χ1n) is 11.1. The van der Waals surface area contributed by atoms with Crippen LogP contribution in [-0.4, -0.2) is 59.9 Å². The number of ketones is 1. The Kier molecular flexibility index (Phi) is 7.97. The Morgan fingerprint density at radius 1 is 1.15 bits per heavy atom. The van der Waals surface area contributed by atoms with E-state index in [1.807, 2.05) is 64.0 Å². The fourth-order valence-electron chi connectivity index (χ4n) is 4.00. The molecule has 0 spiro atoms. The maximum atomic E-state index is 13.1. The topological polar surface area (TPSA) is 70.1 Å². The molecule has 2 aromatic rings. The SMILES string of the molecule is Cc1cc(C(O)=C2C(=O)C(=O)N(CCCN(C)C)[C@H]2c2ccc(Br)cc2)ccc1OC(C)C. The van der Waals surface area contributed by atoms with Gasteiger partial charge in [0.1, 0.15) is 11.5 Å². The second-order valence-corrected chi connectivity index (χ2v) is 9.76. The minimum Gasteiger partial charge on any atom is -0.507 e. The summed E-state index contributed by atoms with van der Waals surface area (Å²) in [6.45, 7) is 6.99. The third-order valence-corrected chi connectivity index (χ3v) is 6.07. The highest BCUT2D eigenvalue weighted by Gasteiger charge is 2.45. The lowest BCUT2D eigenvalue weighted by molar-refractivity contribution is -0.139. The summed E-state index contributed by atoms with van der Waals surface area (Å²) in [5.41, 5.74) is 2.22. The number of nitrogens with zero attached hydrogens (tertiary/aromatic N) is 2. The molecule has 0 aromatic heterocycles. The molecule has 0 unspecified atom stereocenters. The summed E-state index contributed by atoms with van der Waals surface area (Å²) in [4.78, 5) is 29.7. The highest BCUT2D eigenvalue weighted by atomic mass is 79.9. The molecule has 1 atom stereocenters. The van der Waals surface area contributed by atoms with Crippen molar-refractivity contribution in [1.29, 1.82) is 0 Å². The van der Waals surface area contributed by atoms with Crippen molar-refractivity contribution in [1.82, 2.24) is 9.80 Å². The average Bonchev–Trinajstić information content (AvgIpc) is 2.99. The van der Waals surface area contributed by atoms with Crippen molar-refractivity contribution in [2.24, 2.45) is 0 Å². The number of aryl methyl sites for hydroxylation is 1. The molecular weight excluding hydrogens is 484 g/mol. The average molecular weight is 515 g/mol. The van der Waals surface area contributed by atoms with E-state index in [1.54, 1.807) is 23.1 Å². The Hall–Kier alpha value is -2.64. The number of ether oxygens (including phenoxy) is 1. The number of halogens is 1. The van der Waals surface area contributed by atoms with Gasteiger partial charge in [0.25, 0.3) is 11.7 Å². The number of hydrogen-bond acceptors (Lipinski definition) is 5. The molecule has 0 saturated carbocycles. The van der Waals surface area contributed by atoms with Crippen LogP contribution >= 0.6 is 15.9 Å². The van der Waals surface area contributed by atoms with Crippen LogP contribution < -0.4 is 4.74 Å². The van der Waals surface area contributed by atoms with Gasteiger partial charge in [0.2, 0.25) is 0 Å². The first kappa shape index (κ1) is 25.0. The summed E-state index contributed by atoms with van der Waals surface area (Å²) in [6.07, 6.45) is 0.737. The summed E-state index contributed by atoms with van der Waals surface area (Å²) in [5.74, 6) is -0.698. The molecule has 3 rings (SSSR count). The van der Waals surface area contributed by atoms with Crippen LogP contribution in [0.25, 0.3) is 5.76 Å². The second-order valence-electron chi connectivity index (χ2n) is 8.85. The van der Waals surface area contributed by atoms with Crippen LogP contribution in [0.5, 0.6) is 5.75 Å². The van der Waals surface area contributed by atoms with E-state index in [1.165, 1.54) is 0 Å². The summed E-state index contributed by atoms with van der Waals surface area (Å²) in [5, 5.41) is 11.2. The zero-order chi connectivity index (χ0) is 24.3. The lowest BCUT2D eigenvalue weighted by Gasteiger charge is -2.26.